The van der Waals surface area contributed by atoms with Gasteiger partial charge >= 0.3 is 5.69 Å². The third kappa shape index (κ3) is 3.01. The molecule has 2 aromatic rings. The summed E-state index contributed by atoms with van der Waals surface area (Å²) < 4.78 is 0. The van der Waals surface area contributed by atoms with Gasteiger partial charge in [0.25, 0.3) is 0 Å². The monoisotopic (exact) mass is 259 g/mol. The molecule has 1 N–H and O–H groups in total. The topological polar surface area (TPSA) is 93.8 Å². The molecule has 0 aliphatic rings. The molecule has 0 saturated carbocycles. The average molecular weight is 259 g/mol. The summed E-state index contributed by atoms with van der Waals surface area (Å²) in [7, 11) is 0. The molecule has 0 spiro atoms. The van der Waals surface area contributed by atoms with Crippen LogP contribution in [0.1, 0.15) is 13.3 Å². The highest BCUT2D eigenvalue weighted by Crippen LogP contribution is 2.27. The summed E-state index contributed by atoms with van der Waals surface area (Å²) in [5, 5.41) is 14.0. The number of hydrogen-bond acceptors (Lipinski definition) is 6. The molecule has 2 rings (SSSR count). The lowest BCUT2D eigenvalue weighted by Crippen LogP contribution is -2.06. The zero-order chi connectivity index (χ0) is 13.7. The Bertz CT molecular complexity index is 574. The number of hydrogen-bond donors (Lipinski definition) is 1. The molecule has 0 radical (unpaired) electrons. The van der Waals surface area contributed by atoms with E-state index < -0.39 is 4.92 Å². The smallest absolute Gasteiger partial charge is 0.313 e. The van der Waals surface area contributed by atoms with Crippen LogP contribution < -0.4 is 5.32 Å². The fraction of sp³-hybridized carbons (Fsp3) is 0.250. The van der Waals surface area contributed by atoms with Crippen LogP contribution >= 0.6 is 0 Å². The van der Waals surface area contributed by atoms with E-state index in [1.807, 2.05) is 6.92 Å². The molecule has 0 atom stereocenters. The average Bonchev–Trinajstić information content (AvgIpc) is 2.45. The van der Waals surface area contributed by atoms with Crippen LogP contribution in [0.2, 0.25) is 0 Å². The van der Waals surface area contributed by atoms with E-state index in [1.54, 1.807) is 24.5 Å². The molecule has 0 bridgehead atoms. The van der Waals surface area contributed by atoms with Crippen LogP contribution in [0.5, 0.6) is 0 Å². The molecule has 7 heteroatoms. The molecule has 7 nitrogen and oxygen atoms in total. The molecule has 0 amide bonds. The van der Waals surface area contributed by atoms with Crippen LogP contribution in [0, 0.1) is 10.1 Å². The van der Waals surface area contributed by atoms with Crippen LogP contribution in [0.15, 0.2) is 30.7 Å². The van der Waals surface area contributed by atoms with Gasteiger partial charge in [-0.25, -0.2) is 9.97 Å². The minimum Gasteiger partial charge on any atom is -0.354 e. The molecular formula is C12H13N5O2. The van der Waals surface area contributed by atoms with Gasteiger partial charge < -0.3 is 5.32 Å². The summed E-state index contributed by atoms with van der Waals surface area (Å²) in [5.41, 5.74) is 0.734. The lowest BCUT2D eigenvalue weighted by Gasteiger charge is -2.06. The van der Waals surface area contributed by atoms with E-state index >= 15 is 0 Å². The number of aromatic nitrogens is 3. The molecule has 0 saturated heterocycles. The summed E-state index contributed by atoms with van der Waals surface area (Å²) in [6.45, 7) is 2.73. The number of rotatable bonds is 5. The quantitative estimate of drug-likeness (QED) is 0.653. The lowest BCUT2D eigenvalue weighted by atomic mass is 10.2. The van der Waals surface area contributed by atoms with Gasteiger partial charge in [-0.1, -0.05) is 6.92 Å². The Hall–Kier alpha value is -2.57. The summed E-state index contributed by atoms with van der Waals surface area (Å²) in [6, 6.07) is 3.44. The van der Waals surface area contributed by atoms with Gasteiger partial charge in [-0.05, 0) is 18.6 Å². The second kappa shape index (κ2) is 5.85. The van der Waals surface area contributed by atoms with Crippen molar-refractivity contribution >= 4 is 11.6 Å². The largest absolute Gasteiger partial charge is 0.354 e. The second-order valence-electron chi connectivity index (χ2n) is 3.85. The Morgan fingerprint density at radius 2 is 2.26 bits per heavy atom. The zero-order valence-corrected chi connectivity index (χ0v) is 10.4. The SMILES string of the molecule is CCCNc1ncc([N+](=O)[O-])c(-c2cccnc2)n1. The van der Waals surface area contributed by atoms with Gasteiger partial charge in [-0.15, -0.1) is 0 Å². The van der Waals surface area contributed by atoms with Crippen LogP contribution in [-0.4, -0.2) is 26.4 Å². The van der Waals surface area contributed by atoms with Crippen molar-refractivity contribution < 1.29 is 4.92 Å². The number of nitrogens with one attached hydrogen (secondary N) is 1. The minimum atomic E-state index is -0.494. The summed E-state index contributed by atoms with van der Waals surface area (Å²) in [6.07, 6.45) is 5.28. The molecule has 2 aromatic heterocycles. The number of anilines is 1. The molecular weight excluding hydrogens is 246 g/mol. The van der Waals surface area contributed by atoms with Crippen LogP contribution in [0.25, 0.3) is 11.3 Å². The maximum atomic E-state index is 11.0. The Morgan fingerprint density at radius 3 is 2.89 bits per heavy atom. The van der Waals surface area contributed by atoms with Crippen molar-refractivity contribution in [2.75, 3.05) is 11.9 Å². The summed E-state index contributed by atoms with van der Waals surface area (Å²) >= 11 is 0. The third-order valence-corrected chi connectivity index (χ3v) is 2.43. The van der Waals surface area contributed by atoms with Gasteiger partial charge in [-0.3, -0.25) is 15.1 Å². The first kappa shape index (κ1) is 12.9. The number of nitro groups is 1. The van der Waals surface area contributed by atoms with Gasteiger partial charge in [-0.2, -0.15) is 0 Å². The molecule has 0 aliphatic carbocycles. The normalized spacial score (nSPS) is 10.2. The second-order valence-corrected chi connectivity index (χ2v) is 3.85. The lowest BCUT2D eigenvalue weighted by molar-refractivity contribution is -0.384. The molecule has 98 valence electrons. The van der Waals surface area contributed by atoms with Crippen molar-refractivity contribution in [3.8, 4) is 11.3 Å². The first-order valence-corrected chi connectivity index (χ1v) is 5.88. The molecule has 0 fully saturated rings. The van der Waals surface area contributed by atoms with Crippen molar-refractivity contribution in [3.63, 3.8) is 0 Å². The Kier molecular flexibility index (Phi) is 3.97. The highest BCUT2D eigenvalue weighted by atomic mass is 16.6. The van der Waals surface area contributed by atoms with Gasteiger partial charge in [0.05, 0.1) is 4.92 Å². The van der Waals surface area contributed by atoms with Crippen molar-refractivity contribution in [3.05, 3.63) is 40.8 Å². The van der Waals surface area contributed by atoms with Crippen LogP contribution in [0.3, 0.4) is 0 Å². The fourth-order valence-corrected chi connectivity index (χ4v) is 1.55. The third-order valence-electron chi connectivity index (χ3n) is 2.43. The van der Waals surface area contributed by atoms with Crippen LogP contribution in [0.4, 0.5) is 11.6 Å². The van der Waals surface area contributed by atoms with E-state index in [2.05, 4.69) is 20.3 Å². The maximum absolute atomic E-state index is 11.0. The van der Waals surface area contributed by atoms with Gasteiger partial charge in [0.2, 0.25) is 5.95 Å². The predicted octanol–water partition coefficient (Wildman–Crippen LogP) is 2.27. The first-order valence-electron chi connectivity index (χ1n) is 5.88. The fourth-order valence-electron chi connectivity index (χ4n) is 1.55. The van der Waals surface area contributed by atoms with Gasteiger partial charge in [0, 0.05) is 24.5 Å². The van der Waals surface area contributed by atoms with Crippen molar-refractivity contribution in [2.24, 2.45) is 0 Å². The molecule has 2 heterocycles. The molecule has 0 aromatic carbocycles. The summed E-state index contributed by atoms with van der Waals surface area (Å²) in [4.78, 5) is 22.6. The van der Waals surface area contributed by atoms with Crippen molar-refractivity contribution in [1.82, 2.24) is 15.0 Å². The highest BCUT2D eigenvalue weighted by Gasteiger charge is 2.18. The number of nitrogens with zero attached hydrogens (tertiary/aromatic N) is 4. The van der Waals surface area contributed by atoms with Crippen LogP contribution in [-0.2, 0) is 0 Å². The summed E-state index contributed by atoms with van der Waals surface area (Å²) in [5.74, 6) is 0.381. The molecule has 0 aliphatic heterocycles. The Balaban J connectivity index is 2.45. The predicted molar refractivity (Wildman–Crippen MR) is 70.7 cm³/mol. The van der Waals surface area contributed by atoms with E-state index in [4.69, 9.17) is 0 Å². The molecule has 0 unspecified atom stereocenters. The number of pyridine rings is 1. The van der Waals surface area contributed by atoms with Crippen molar-refractivity contribution in [1.29, 1.82) is 0 Å². The molecule has 19 heavy (non-hydrogen) atoms. The first-order chi connectivity index (χ1) is 9.22. The Labute approximate surface area is 109 Å². The highest BCUT2D eigenvalue weighted by molar-refractivity contribution is 5.69. The minimum absolute atomic E-state index is 0.130. The van der Waals surface area contributed by atoms with Gasteiger partial charge in [0.1, 0.15) is 6.20 Å². The van der Waals surface area contributed by atoms with E-state index in [1.165, 1.54) is 6.20 Å². The van der Waals surface area contributed by atoms with Crippen molar-refractivity contribution in [2.45, 2.75) is 13.3 Å². The van der Waals surface area contributed by atoms with E-state index in [0.29, 0.717) is 18.1 Å². The van der Waals surface area contributed by atoms with E-state index in [9.17, 15) is 10.1 Å². The Morgan fingerprint density at radius 1 is 1.42 bits per heavy atom. The standard InChI is InChI=1S/C12H13N5O2/c1-2-5-14-12-15-8-10(17(18)19)11(16-12)9-4-3-6-13-7-9/h3-4,6-8H,2,5H2,1H3,(H,14,15,16). The van der Waals surface area contributed by atoms with E-state index in [0.717, 1.165) is 6.42 Å². The zero-order valence-electron chi connectivity index (χ0n) is 10.4. The van der Waals surface area contributed by atoms with Gasteiger partial charge in [0.15, 0.2) is 5.69 Å². The maximum Gasteiger partial charge on any atom is 0.313 e. The van der Waals surface area contributed by atoms with E-state index in [-0.39, 0.29) is 11.4 Å².